The van der Waals surface area contributed by atoms with Crippen LogP contribution in [0.1, 0.15) is 30.9 Å². The van der Waals surface area contributed by atoms with Crippen molar-refractivity contribution >= 4 is 40.7 Å². The number of hydrogen-bond donors (Lipinski definition) is 0. The normalized spacial score (nSPS) is 10.8. The van der Waals surface area contributed by atoms with Gasteiger partial charge in [0.05, 0.1) is 16.4 Å². The molecular weight excluding hydrogens is 321 g/mol. The Balaban J connectivity index is 2.70. The molecule has 0 aliphatic heterocycles. The number of anilines is 2. The molecule has 3 nitrogen and oxygen atoms in total. The van der Waals surface area contributed by atoms with Crippen molar-refractivity contribution in [3.8, 4) is 0 Å². The first-order valence-electron chi connectivity index (χ1n) is 6.88. The molecule has 116 valence electrons. The van der Waals surface area contributed by atoms with Crippen molar-refractivity contribution in [3.05, 3.63) is 57.6 Å². The van der Waals surface area contributed by atoms with Crippen LogP contribution < -0.4 is 10.0 Å². The Morgan fingerprint density at radius 1 is 1.09 bits per heavy atom. The van der Waals surface area contributed by atoms with Crippen molar-refractivity contribution in [2.45, 2.75) is 26.7 Å². The number of aryl methyl sites for hydroxylation is 1. The number of nitrogens with zero attached hydrogens (tertiary/aromatic N) is 1. The number of rotatable bonds is 3. The van der Waals surface area contributed by atoms with Gasteiger partial charge in [-0.25, -0.2) is 0 Å². The second-order valence-corrected chi connectivity index (χ2v) is 6.26. The molecule has 1 amide bonds. The van der Waals surface area contributed by atoms with E-state index in [1.807, 2.05) is 39.0 Å². The maximum absolute atomic E-state index is 11.8. The highest BCUT2D eigenvalue weighted by Crippen LogP contribution is 2.38. The lowest BCUT2D eigenvalue weighted by Gasteiger charge is -2.29. The zero-order chi connectivity index (χ0) is 16.4. The molecule has 0 saturated carbocycles. The molecule has 0 aliphatic rings. The van der Waals surface area contributed by atoms with Gasteiger partial charge >= 0.3 is 0 Å². The van der Waals surface area contributed by atoms with E-state index in [1.165, 1.54) is 6.07 Å². The fourth-order valence-corrected chi connectivity index (χ4v) is 2.69. The Morgan fingerprint density at radius 2 is 1.77 bits per heavy atom. The smallest absolute Gasteiger partial charge is 0.146 e. The monoisotopic (exact) mass is 336 g/mol. The zero-order valence-corrected chi connectivity index (χ0v) is 14.1. The first-order valence-corrected chi connectivity index (χ1v) is 7.63. The van der Waals surface area contributed by atoms with Gasteiger partial charge in [0.25, 0.3) is 0 Å². The average Bonchev–Trinajstić information content (AvgIpc) is 2.42. The minimum atomic E-state index is -1.35. The summed E-state index contributed by atoms with van der Waals surface area (Å²) in [6.45, 7) is 5.91. The summed E-state index contributed by atoms with van der Waals surface area (Å²) in [5.74, 6) is 0.149. The largest absolute Gasteiger partial charge is 0.529 e. The molecule has 0 bridgehead atoms. The Hall–Kier alpha value is -1.71. The van der Waals surface area contributed by atoms with E-state index < -0.39 is 6.09 Å². The van der Waals surface area contributed by atoms with E-state index >= 15 is 0 Å². The quantitative estimate of drug-likeness (QED) is 0.799. The van der Waals surface area contributed by atoms with Crippen molar-refractivity contribution in [2.24, 2.45) is 0 Å². The molecule has 0 unspecified atom stereocenters. The van der Waals surface area contributed by atoms with E-state index in [4.69, 9.17) is 23.2 Å². The highest BCUT2D eigenvalue weighted by molar-refractivity contribution is 6.36. The summed E-state index contributed by atoms with van der Waals surface area (Å²) in [5, 5.41) is 12.5. The fraction of sp³-hybridized carbons (Fsp3) is 0.235. The summed E-state index contributed by atoms with van der Waals surface area (Å²) in [6.07, 6.45) is -1.35. The summed E-state index contributed by atoms with van der Waals surface area (Å²) in [6, 6.07) is 10.4. The van der Waals surface area contributed by atoms with E-state index in [0.29, 0.717) is 21.4 Å². The number of amides is 1. The van der Waals surface area contributed by atoms with Crippen molar-refractivity contribution in [3.63, 3.8) is 0 Å². The highest BCUT2D eigenvalue weighted by Gasteiger charge is 2.19. The van der Waals surface area contributed by atoms with Gasteiger partial charge in [0.15, 0.2) is 0 Å². The van der Waals surface area contributed by atoms with Crippen molar-refractivity contribution in [2.75, 3.05) is 4.90 Å². The second kappa shape index (κ2) is 6.59. The summed E-state index contributed by atoms with van der Waals surface area (Å²) < 4.78 is 0. The minimum absolute atomic E-state index is 0.149. The van der Waals surface area contributed by atoms with Crippen LogP contribution in [0.15, 0.2) is 36.4 Å². The van der Waals surface area contributed by atoms with Crippen LogP contribution in [0.2, 0.25) is 10.0 Å². The third-order valence-corrected chi connectivity index (χ3v) is 3.94. The molecule has 0 aliphatic carbocycles. The molecule has 2 aromatic carbocycles. The van der Waals surface area contributed by atoms with Crippen molar-refractivity contribution in [1.29, 1.82) is 0 Å². The lowest BCUT2D eigenvalue weighted by Crippen LogP contribution is -2.38. The number of halogens is 2. The Labute approximate surface area is 140 Å². The third-order valence-electron chi connectivity index (χ3n) is 3.38. The standard InChI is InChI=1S/C17H17Cl2NO2/c1-10(2)13-6-4-11(3)8-15(13)20(17(21)22)16-9-12(18)5-7-14(16)19/h4-10H,1-3H3,(H,21,22)/p-1. The van der Waals surface area contributed by atoms with Gasteiger partial charge in [0.1, 0.15) is 6.09 Å². The maximum atomic E-state index is 11.8. The van der Waals surface area contributed by atoms with Crippen molar-refractivity contribution in [1.82, 2.24) is 0 Å². The predicted octanol–water partition coefficient (Wildman–Crippen LogP) is 4.91. The number of carbonyl (C=O) groups is 1. The van der Waals surface area contributed by atoms with Crippen LogP contribution >= 0.6 is 23.2 Å². The van der Waals surface area contributed by atoms with Gasteiger partial charge in [-0.05, 0) is 48.2 Å². The molecular formula is C17H16Cl2NO2-. The molecule has 0 atom stereocenters. The molecule has 0 heterocycles. The van der Waals surface area contributed by atoms with Crippen LogP contribution in [0, 0.1) is 6.92 Å². The Morgan fingerprint density at radius 3 is 2.36 bits per heavy atom. The number of carboxylic acid groups (broad SMARTS) is 1. The van der Waals surface area contributed by atoms with E-state index in [2.05, 4.69) is 0 Å². The first kappa shape index (κ1) is 16.7. The molecule has 0 radical (unpaired) electrons. The van der Waals surface area contributed by atoms with Crippen LogP contribution in [-0.4, -0.2) is 6.09 Å². The second-order valence-electron chi connectivity index (χ2n) is 5.41. The molecule has 0 N–H and O–H groups in total. The molecule has 0 fully saturated rings. The molecule has 0 spiro atoms. The topological polar surface area (TPSA) is 43.4 Å². The van der Waals surface area contributed by atoms with Crippen LogP contribution in [0.25, 0.3) is 0 Å². The lowest BCUT2D eigenvalue weighted by atomic mass is 9.98. The van der Waals surface area contributed by atoms with Gasteiger partial charge < -0.3 is 9.90 Å². The van der Waals surface area contributed by atoms with Gasteiger partial charge in [0.2, 0.25) is 0 Å². The van der Waals surface area contributed by atoms with E-state index in [1.54, 1.807) is 12.1 Å². The summed E-state index contributed by atoms with van der Waals surface area (Å²) in [7, 11) is 0. The molecule has 22 heavy (non-hydrogen) atoms. The summed E-state index contributed by atoms with van der Waals surface area (Å²) in [4.78, 5) is 12.8. The van der Waals surface area contributed by atoms with Crippen LogP contribution in [-0.2, 0) is 0 Å². The van der Waals surface area contributed by atoms with E-state index in [9.17, 15) is 9.90 Å². The first-order chi connectivity index (χ1) is 10.3. The van der Waals surface area contributed by atoms with Gasteiger partial charge in [0, 0.05) is 5.02 Å². The molecule has 0 aromatic heterocycles. The molecule has 2 rings (SSSR count). The highest BCUT2D eigenvalue weighted by atomic mass is 35.5. The van der Waals surface area contributed by atoms with Gasteiger partial charge in [-0.3, -0.25) is 4.90 Å². The predicted molar refractivity (Wildman–Crippen MR) is 89.3 cm³/mol. The van der Waals surface area contributed by atoms with Gasteiger partial charge in [-0.2, -0.15) is 0 Å². The number of carbonyl (C=O) groups excluding carboxylic acids is 1. The van der Waals surface area contributed by atoms with Crippen molar-refractivity contribution < 1.29 is 9.90 Å². The fourth-order valence-electron chi connectivity index (χ4n) is 2.32. The Kier molecular flexibility index (Phi) is 4.99. The third kappa shape index (κ3) is 3.37. The minimum Gasteiger partial charge on any atom is -0.529 e. The number of hydrogen-bond acceptors (Lipinski definition) is 2. The average molecular weight is 337 g/mol. The SMILES string of the molecule is Cc1ccc(C(C)C)c(N(C(=O)[O-])c2cc(Cl)ccc2Cl)c1. The van der Waals surface area contributed by atoms with Crippen LogP contribution in [0.4, 0.5) is 16.2 Å². The zero-order valence-electron chi connectivity index (χ0n) is 12.6. The van der Waals surface area contributed by atoms with Gasteiger partial charge in [-0.15, -0.1) is 0 Å². The molecule has 2 aromatic rings. The van der Waals surface area contributed by atoms with E-state index in [-0.39, 0.29) is 5.92 Å². The lowest BCUT2D eigenvalue weighted by molar-refractivity contribution is -0.245. The molecule has 0 saturated heterocycles. The molecule has 5 heteroatoms. The summed E-state index contributed by atoms with van der Waals surface area (Å²) >= 11 is 12.2. The van der Waals surface area contributed by atoms with E-state index in [0.717, 1.165) is 16.0 Å². The van der Waals surface area contributed by atoms with Gasteiger partial charge in [-0.1, -0.05) is 49.2 Å². The summed E-state index contributed by atoms with van der Waals surface area (Å²) in [5.41, 5.74) is 2.68. The number of benzene rings is 2. The Bertz CT molecular complexity index is 714. The maximum Gasteiger partial charge on any atom is 0.146 e. The van der Waals surface area contributed by atoms with Crippen LogP contribution in [0.3, 0.4) is 0 Å². The van der Waals surface area contributed by atoms with Crippen LogP contribution in [0.5, 0.6) is 0 Å².